The fourth-order valence-electron chi connectivity index (χ4n) is 3.26. The highest BCUT2D eigenvalue weighted by atomic mass is 16.5. The maximum atomic E-state index is 12.3. The first kappa shape index (κ1) is 18.5. The average Bonchev–Trinajstić information content (AvgIpc) is 3.33. The molecule has 0 spiro atoms. The molecule has 4 heterocycles. The van der Waals surface area contributed by atoms with E-state index in [1.165, 1.54) is 0 Å². The van der Waals surface area contributed by atoms with Gasteiger partial charge in [0.2, 0.25) is 5.82 Å². The summed E-state index contributed by atoms with van der Waals surface area (Å²) in [6, 6.07) is 1.94. The lowest BCUT2D eigenvalue weighted by Crippen LogP contribution is -2.38. The summed E-state index contributed by atoms with van der Waals surface area (Å²) in [7, 11) is 0. The van der Waals surface area contributed by atoms with Crippen molar-refractivity contribution in [3.8, 4) is 11.4 Å². The molecular formula is C18H23N7O3. The topological polar surface area (TPSA) is 111 Å². The summed E-state index contributed by atoms with van der Waals surface area (Å²) in [6.07, 6.45) is 2.48. The number of aryl methyl sites for hydroxylation is 2. The van der Waals surface area contributed by atoms with Gasteiger partial charge in [-0.1, -0.05) is 5.16 Å². The van der Waals surface area contributed by atoms with Gasteiger partial charge in [-0.3, -0.25) is 9.69 Å². The van der Waals surface area contributed by atoms with Crippen LogP contribution in [0, 0.1) is 13.8 Å². The minimum absolute atomic E-state index is 0.0647. The molecule has 10 heteroatoms. The molecular weight excluding hydrogens is 362 g/mol. The van der Waals surface area contributed by atoms with Gasteiger partial charge >= 0.3 is 11.8 Å². The lowest BCUT2D eigenvalue weighted by Gasteiger charge is -2.26. The fourth-order valence-corrected chi connectivity index (χ4v) is 3.26. The number of carbonyl (C=O) groups is 1. The number of morpholine rings is 1. The Hall–Kier alpha value is -2.85. The van der Waals surface area contributed by atoms with Gasteiger partial charge in [0, 0.05) is 31.0 Å². The molecule has 1 amide bonds. The summed E-state index contributed by atoms with van der Waals surface area (Å²) < 4.78 is 12.2. The Morgan fingerprint density at radius 3 is 2.89 bits per heavy atom. The third-order valence-corrected chi connectivity index (χ3v) is 4.68. The molecule has 0 bridgehead atoms. The predicted molar refractivity (Wildman–Crippen MR) is 100.0 cm³/mol. The van der Waals surface area contributed by atoms with Crippen LogP contribution in [-0.2, 0) is 4.74 Å². The Morgan fingerprint density at radius 2 is 2.07 bits per heavy atom. The van der Waals surface area contributed by atoms with Crippen LogP contribution in [0.1, 0.15) is 28.5 Å². The zero-order valence-corrected chi connectivity index (χ0v) is 16.0. The largest absolute Gasteiger partial charge is 0.379 e. The summed E-state index contributed by atoms with van der Waals surface area (Å²) >= 11 is 0. The Morgan fingerprint density at radius 1 is 1.25 bits per heavy atom. The minimum Gasteiger partial charge on any atom is -0.379 e. The number of carbonyl (C=O) groups excluding carboxylic acids is 1. The van der Waals surface area contributed by atoms with Crippen LogP contribution in [0.15, 0.2) is 16.8 Å². The van der Waals surface area contributed by atoms with Gasteiger partial charge in [-0.05, 0) is 32.9 Å². The molecule has 4 rings (SSSR count). The van der Waals surface area contributed by atoms with Gasteiger partial charge in [0.15, 0.2) is 5.65 Å². The number of hydrogen-bond acceptors (Lipinski definition) is 8. The standard InChI is InChI=1S/C18H23N7O3/c1-12-10-13(2)25-16(21-12)14(11-20-25)15-22-18(28-23-15)17(26)19-4-3-5-24-6-8-27-9-7-24/h10-11H,3-9H2,1-2H3,(H,19,26). The van der Waals surface area contributed by atoms with Crippen molar-refractivity contribution in [3.63, 3.8) is 0 Å². The number of nitrogens with one attached hydrogen (secondary N) is 1. The zero-order chi connectivity index (χ0) is 19.5. The van der Waals surface area contributed by atoms with E-state index >= 15 is 0 Å². The molecule has 28 heavy (non-hydrogen) atoms. The first-order valence-corrected chi connectivity index (χ1v) is 9.36. The van der Waals surface area contributed by atoms with E-state index in [9.17, 15) is 4.79 Å². The predicted octanol–water partition coefficient (Wildman–Crippen LogP) is 0.848. The average molecular weight is 385 g/mol. The molecule has 0 aromatic carbocycles. The third kappa shape index (κ3) is 3.87. The van der Waals surface area contributed by atoms with Crippen molar-refractivity contribution >= 4 is 11.6 Å². The summed E-state index contributed by atoms with van der Waals surface area (Å²) in [5, 5.41) is 11.1. The van der Waals surface area contributed by atoms with E-state index in [0.717, 1.165) is 50.7 Å². The molecule has 1 aliphatic rings. The normalized spacial score (nSPS) is 15.2. The molecule has 0 unspecified atom stereocenters. The van der Waals surface area contributed by atoms with Crippen LogP contribution in [0.5, 0.6) is 0 Å². The van der Waals surface area contributed by atoms with Gasteiger partial charge in [0.1, 0.15) is 0 Å². The molecule has 1 N–H and O–H groups in total. The van der Waals surface area contributed by atoms with Crippen molar-refractivity contribution in [2.75, 3.05) is 39.4 Å². The van der Waals surface area contributed by atoms with Gasteiger partial charge in [-0.25, -0.2) is 9.50 Å². The van der Waals surface area contributed by atoms with Gasteiger partial charge in [0.05, 0.1) is 25.0 Å². The molecule has 1 aliphatic heterocycles. The van der Waals surface area contributed by atoms with E-state index in [4.69, 9.17) is 9.26 Å². The second kappa shape index (κ2) is 8.03. The molecule has 10 nitrogen and oxygen atoms in total. The molecule has 3 aromatic rings. The molecule has 1 fully saturated rings. The second-order valence-electron chi connectivity index (χ2n) is 6.82. The summed E-state index contributed by atoms with van der Waals surface area (Å²) in [5.41, 5.74) is 3.08. The zero-order valence-electron chi connectivity index (χ0n) is 16.0. The van der Waals surface area contributed by atoms with Gasteiger partial charge in [0.25, 0.3) is 0 Å². The lowest BCUT2D eigenvalue weighted by molar-refractivity contribution is 0.0374. The molecule has 148 valence electrons. The number of aromatic nitrogens is 5. The van der Waals surface area contributed by atoms with E-state index in [-0.39, 0.29) is 11.8 Å². The van der Waals surface area contributed by atoms with E-state index in [1.807, 2.05) is 19.9 Å². The number of fused-ring (bicyclic) bond motifs is 1. The lowest BCUT2D eigenvalue weighted by atomic mass is 10.3. The Bertz CT molecular complexity index is 975. The summed E-state index contributed by atoms with van der Waals surface area (Å²) in [6.45, 7) is 8.75. The maximum Gasteiger partial charge on any atom is 0.316 e. The van der Waals surface area contributed by atoms with Crippen LogP contribution in [0.25, 0.3) is 17.0 Å². The number of rotatable bonds is 6. The molecule has 0 atom stereocenters. The van der Waals surface area contributed by atoms with E-state index in [2.05, 4.69) is 30.4 Å². The van der Waals surface area contributed by atoms with Crippen molar-refractivity contribution in [1.82, 2.24) is 35.0 Å². The van der Waals surface area contributed by atoms with E-state index < -0.39 is 0 Å². The van der Waals surface area contributed by atoms with E-state index in [1.54, 1.807) is 10.7 Å². The SMILES string of the molecule is Cc1cc(C)n2ncc(-c3noc(C(=O)NCCCN4CCOCC4)n3)c2n1. The van der Waals surface area contributed by atoms with E-state index in [0.29, 0.717) is 23.6 Å². The van der Waals surface area contributed by atoms with Crippen LogP contribution in [0.4, 0.5) is 0 Å². The minimum atomic E-state index is -0.377. The highest BCUT2D eigenvalue weighted by Gasteiger charge is 2.20. The highest BCUT2D eigenvalue weighted by molar-refractivity contribution is 5.90. The second-order valence-corrected chi connectivity index (χ2v) is 6.82. The van der Waals surface area contributed by atoms with Crippen LogP contribution in [0.2, 0.25) is 0 Å². The summed E-state index contributed by atoms with van der Waals surface area (Å²) in [4.78, 5) is 23.3. The van der Waals surface area contributed by atoms with Crippen molar-refractivity contribution in [1.29, 1.82) is 0 Å². The number of hydrogen-bond donors (Lipinski definition) is 1. The first-order chi connectivity index (χ1) is 13.6. The first-order valence-electron chi connectivity index (χ1n) is 9.36. The van der Waals surface area contributed by atoms with Crippen LogP contribution >= 0.6 is 0 Å². The molecule has 0 aliphatic carbocycles. The monoisotopic (exact) mass is 385 g/mol. The molecule has 1 saturated heterocycles. The summed E-state index contributed by atoms with van der Waals surface area (Å²) in [5.74, 6) is -0.145. The maximum absolute atomic E-state index is 12.3. The molecule has 0 radical (unpaired) electrons. The van der Waals surface area contributed by atoms with Crippen molar-refractivity contribution in [2.24, 2.45) is 0 Å². The van der Waals surface area contributed by atoms with Crippen molar-refractivity contribution < 1.29 is 14.1 Å². The Balaban J connectivity index is 1.38. The van der Waals surface area contributed by atoms with Crippen LogP contribution in [0.3, 0.4) is 0 Å². The Labute approximate surface area is 161 Å². The number of nitrogens with zero attached hydrogens (tertiary/aromatic N) is 6. The Kier molecular flexibility index (Phi) is 5.31. The van der Waals surface area contributed by atoms with Gasteiger partial charge in [-0.15, -0.1) is 0 Å². The number of ether oxygens (including phenoxy) is 1. The molecule has 0 saturated carbocycles. The fraction of sp³-hybridized carbons (Fsp3) is 0.500. The van der Waals surface area contributed by atoms with Crippen LogP contribution in [-0.4, -0.2) is 74.9 Å². The van der Waals surface area contributed by atoms with Crippen molar-refractivity contribution in [3.05, 3.63) is 29.5 Å². The highest BCUT2D eigenvalue weighted by Crippen LogP contribution is 2.21. The van der Waals surface area contributed by atoms with Crippen LogP contribution < -0.4 is 5.32 Å². The quantitative estimate of drug-likeness (QED) is 0.622. The smallest absolute Gasteiger partial charge is 0.316 e. The number of amides is 1. The van der Waals surface area contributed by atoms with Crippen molar-refractivity contribution in [2.45, 2.75) is 20.3 Å². The van der Waals surface area contributed by atoms with Gasteiger partial charge < -0.3 is 14.6 Å². The third-order valence-electron chi connectivity index (χ3n) is 4.68. The van der Waals surface area contributed by atoms with Gasteiger partial charge in [-0.2, -0.15) is 10.1 Å². The molecule has 3 aromatic heterocycles.